The monoisotopic (exact) mass is 350 g/mol. The molecule has 132 valence electrons. The van der Waals surface area contributed by atoms with Crippen LogP contribution in [0.1, 0.15) is 33.6 Å². The third-order valence-corrected chi connectivity index (χ3v) is 6.89. The molecule has 1 aliphatic carbocycles. The lowest BCUT2D eigenvalue weighted by atomic mass is 9.94. The molecule has 1 N–H and O–H groups in total. The number of nitrogens with zero attached hydrogens (tertiary/aromatic N) is 1. The minimum Gasteiger partial charge on any atom is -0.326 e. The molecular formula is C18H26N2O3S. The third kappa shape index (κ3) is 3.64. The smallest absolute Gasteiger partial charge is 0.243 e. The first-order chi connectivity index (χ1) is 11.3. The Hall–Kier alpha value is -1.40. The lowest BCUT2D eigenvalue weighted by molar-refractivity contribution is -0.117. The summed E-state index contributed by atoms with van der Waals surface area (Å²) in [5, 5.41) is 2.86. The summed E-state index contributed by atoms with van der Waals surface area (Å²) in [6, 6.07) is 6.53. The summed E-state index contributed by atoms with van der Waals surface area (Å²) in [5.74, 6) is 1.33. The van der Waals surface area contributed by atoms with Gasteiger partial charge in [-0.3, -0.25) is 4.79 Å². The average Bonchev–Trinajstić information content (AvgIpc) is 3.24. The topological polar surface area (TPSA) is 66.5 Å². The third-order valence-electron chi connectivity index (χ3n) is 5.04. The number of carbonyl (C=O) groups is 1. The van der Waals surface area contributed by atoms with Gasteiger partial charge in [0.25, 0.3) is 0 Å². The van der Waals surface area contributed by atoms with Crippen molar-refractivity contribution in [3.8, 4) is 0 Å². The second-order valence-corrected chi connectivity index (χ2v) is 9.54. The molecule has 5 nitrogen and oxygen atoms in total. The fraction of sp³-hybridized carbons (Fsp3) is 0.611. The molecule has 2 aliphatic rings. The molecule has 0 radical (unpaired) electrons. The van der Waals surface area contributed by atoms with Crippen LogP contribution in [0.3, 0.4) is 0 Å². The Morgan fingerprint density at radius 3 is 2.08 bits per heavy atom. The van der Waals surface area contributed by atoms with E-state index in [0.717, 1.165) is 12.8 Å². The van der Waals surface area contributed by atoms with Gasteiger partial charge in [-0.2, -0.15) is 4.31 Å². The Morgan fingerprint density at radius 1 is 1.04 bits per heavy atom. The highest BCUT2D eigenvalue weighted by atomic mass is 32.2. The standard InChI is InChI=1S/C18H26N2O3S/c1-12-8-13(2)11-20(10-12)24(22,23)16-6-4-15(5-7-16)19-18(21)17-9-14(17)3/h4-7,12-14,17H,8-11H2,1-3H3,(H,19,21). The van der Waals surface area contributed by atoms with Crippen LogP contribution >= 0.6 is 0 Å². The molecule has 1 amide bonds. The lowest BCUT2D eigenvalue weighted by Crippen LogP contribution is -2.42. The highest BCUT2D eigenvalue weighted by Crippen LogP contribution is 2.38. The molecule has 0 spiro atoms. The van der Waals surface area contributed by atoms with Gasteiger partial charge in [0.15, 0.2) is 0 Å². The summed E-state index contributed by atoms with van der Waals surface area (Å²) in [5.41, 5.74) is 0.651. The Morgan fingerprint density at radius 2 is 1.58 bits per heavy atom. The predicted octanol–water partition coefficient (Wildman–Crippen LogP) is 2.95. The van der Waals surface area contributed by atoms with E-state index >= 15 is 0 Å². The van der Waals surface area contributed by atoms with Crippen molar-refractivity contribution in [3.05, 3.63) is 24.3 Å². The maximum absolute atomic E-state index is 12.8. The number of nitrogens with one attached hydrogen (secondary N) is 1. The van der Waals surface area contributed by atoms with Gasteiger partial charge in [-0.25, -0.2) is 8.42 Å². The van der Waals surface area contributed by atoms with Crippen molar-refractivity contribution < 1.29 is 13.2 Å². The largest absolute Gasteiger partial charge is 0.326 e. The number of hydrogen-bond donors (Lipinski definition) is 1. The van der Waals surface area contributed by atoms with E-state index in [9.17, 15) is 13.2 Å². The summed E-state index contributed by atoms with van der Waals surface area (Å²) in [6.07, 6.45) is 2.00. The normalized spacial score (nSPS) is 30.8. The number of anilines is 1. The molecule has 24 heavy (non-hydrogen) atoms. The average molecular weight is 350 g/mol. The van der Waals surface area contributed by atoms with E-state index in [1.54, 1.807) is 28.6 Å². The quantitative estimate of drug-likeness (QED) is 0.908. The SMILES string of the molecule is CC1CC(C)CN(S(=O)(=O)c2ccc(NC(=O)C3CC3C)cc2)C1. The number of rotatable bonds is 4. The molecular weight excluding hydrogens is 324 g/mol. The van der Waals surface area contributed by atoms with Crippen molar-refractivity contribution in [2.24, 2.45) is 23.7 Å². The molecule has 1 heterocycles. The number of benzene rings is 1. The maximum atomic E-state index is 12.8. The zero-order valence-electron chi connectivity index (χ0n) is 14.5. The molecule has 1 aliphatic heterocycles. The molecule has 4 atom stereocenters. The van der Waals surface area contributed by atoms with Crippen LogP contribution in [0, 0.1) is 23.7 Å². The van der Waals surface area contributed by atoms with Gasteiger partial charge in [-0.15, -0.1) is 0 Å². The van der Waals surface area contributed by atoms with Gasteiger partial charge in [0.1, 0.15) is 0 Å². The number of amides is 1. The highest BCUT2D eigenvalue weighted by Gasteiger charge is 2.39. The number of carbonyl (C=O) groups excluding carboxylic acids is 1. The van der Waals surface area contributed by atoms with Gasteiger partial charge in [-0.05, 0) is 54.9 Å². The van der Waals surface area contributed by atoms with Crippen LogP contribution in [-0.2, 0) is 14.8 Å². The van der Waals surface area contributed by atoms with E-state index < -0.39 is 10.0 Å². The van der Waals surface area contributed by atoms with E-state index in [4.69, 9.17) is 0 Å². The summed E-state index contributed by atoms with van der Waals surface area (Å²) >= 11 is 0. The summed E-state index contributed by atoms with van der Waals surface area (Å²) in [7, 11) is -3.47. The first-order valence-corrected chi connectivity index (χ1v) is 10.1. The second kappa shape index (κ2) is 6.48. The van der Waals surface area contributed by atoms with Crippen LogP contribution in [0.2, 0.25) is 0 Å². The van der Waals surface area contributed by atoms with Crippen molar-refractivity contribution in [1.82, 2.24) is 4.31 Å². The minimum atomic E-state index is -3.47. The van der Waals surface area contributed by atoms with E-state index in [0.29, 0.717) is 41.4 Å². The second-order valence-electron chi connectivity index (χ2n) is 7.60. The highest BCUT2D eigenvalue weighted by molar-refractivity contribution is 7.89. The van der Waals surface area contributed by atoms with Crippen LogP contribution in [0.15, 0.2) is 29.2 Å². The molecule has 0 aromatic heterocycles. The van der Waals surface area contributed by atoms with E-state index in [1.807, 2.05) is 0 Å². The van der Waals surface area contributed by atoms with Crippen LogP contribution in [0.4, 0.5) is 5.69 Å². The van der Waals surface area contributed by atoms with Crippen molar-refractivity contribution in [2.75, 3.05) is 18.4 Å². The van der Waals surface area contributed by atoms with Gasteiger partial charge in [0.2, 0.25) is 15.9 Å². The molecule has 2 fully saturated rings. The van der Waals surface area contributed by atoms with Crippen LogP contribution in [0.25, 0.3) is 0 Å². The van der Waals surface area contributed by atoms with Crippen LogP contribution in [-0.4, -0.2) is 31.7 Å². The molecule has 1 aromatic rings. The van der Waals surface area contributed by atoms with Gasteiger partial charge in [0, 0.05) is 24.7 Å². The summed E-state index contributed by atoms with van der Waals surface area (Å²) in [6.45, 7) is 7.39. The molecule has 4 unspecified atom stereocenters. The molecule has 1 saturated heterocycles. The molecule has 0 bridgehead atoms. The van der Waals surface area contributed by atoms with E-state index in [1.165, 1.54) is 0 Å². The Kier molecular flexibility index (Phi) is 4.71. The Balaban J connectivity index is 1.71. The predicted molar refractivity (Wildman–Crippen MR) is 94.0 cm³/mol. The number of hydrogen-bond acceptors (Lipinski definition) is 3. The molecule has 3 rings (SSSR count). The van der Waals surface area contributed by atoms with E-state index in [2.05, 4.69) is 26.1 Å². The van der Waals surface area contributed by atoms with E-state index in [-0.39, 0.29) is 11.8 Å². The van der Waals surface area contributed by atoms with Gasteiger partial charge < -0.3 is 5.32 Å². The molecule has 1 saturated carbocycles. The molecule has 6 heteroatoms. The van der Waals surface area contributed by atoms with Gasteiger partial charge >= 0.3 is 0 Å². The Bertz CT molecular complexity index is 704. The van der Waals surface area contributed by atoms with Crippen LogP contribution in [0.5, 0.6) is 0 Å². The minimum absolute atomic E-state index is 0.0248. The van der Waals surface area contributed by atoms with Crippen molar-refractivity contribution in [1.29, 1.82) is 0 Å². The first-order valence-electron chi connectivity index (χ1n) is 8.68. The lowest BCUT2D eigenvalue weighted by Gasteiger charge is -2.34. The first kappa shape index (κ1) is 17.4. The zero-order valence-corrected chi connectivity index (χ0v) is 15.3. The van der Waals surface area contributed by atoms with Gasteiger partial charge in [0.05, 0.1) is 4.90 Å². The van der Waals surface area contributed by atoms with Crippen molar-refractivity contribution >= 4 is 21.6 Å². The maximum Gasteiger partial charge on any atom is 0.243 e. The zero-order chi connectivity index (χ0) is 17.5. The summed E-state index contributed by atoms with van der Waals surface area (Å²) in [4.78, 5) is 12.2. The number of sulfonamides is 1. The number of piperidine rings is 1. The van der Waals surface area contributed by atoms with Crippen molar-refractivity contribution in [3.63, 3.8) is 0 Å². The Labute approximate surface area is 144 Å². The fourth-order valence-corrected chi connectivity index (χ4v) is 5.26. The molecule has 1 aromatic carbocycles. The van der Waals surface area contributed by atoms with Crippen LogP contribution < -0.4 is 5.32 Å². The van der Waals surface area contributed by atoms with Gasteiger partial charge in [-0.1, -0.05) is 20.8 Å². The fourth-order valence-electron chi connectivity index (χ4n) is 3.58. The van der Waals surface area contributed by atoms with Crippen molar-refractivity contribution in [2.45, 2.75) is 38.5 Å². The summed E-state index contributed by atoms with van der Waals surface area (Å²) < 4.78 is 27.2.